The van der Waals surface area contributed by atoms with Gasteiger partial charge in [0.05, 0.1) is 16.9 Å². The molecule has 3 aromatic carbocycles. The van der Waals surface area contributed by atoms with E-state index in [1.165, 1.54) is 23.1 Å². The molecule has 0 bridgehead atoms. The maximum absolute atomic E-state index is 13.9. The van der Waals surface area contributed by atoms with Gasteiger partial charge in [-0.15, -0.1) is 0 Å². The highest BCUT2D eigenvalue weighted by atomic mass is 32.2. The number of non-ortho nitro benzene ring substituents is 1. The van der Waals surface area contributed by atoms with Crippen molar-refractivity contribution >= 4 is 33.2 Å². The third-order valence-corrected chi connectivity index (χ3v) is 7.05. The highest BCUT2D eigenvalue weighted by Gasteiger charge is 2.33. The third-order valence-electron chi connectivity index (χ3n) is 5.91. The molecule has 0 aliphatic rings. The number of amides is 2. The Bertz CT molecular complexity index is 1400. The van der Waals surface area contributed by atoms with Crippen LogP contribution in [0.25, 0.3) is 0 Å². The zero-order valence-electron chi connectivity index (χ0n) is 22.1. The van der Waals surface area contributed by atoms with E-state index in [0.717, 1.165) is 27.8 Å². The zero-order chi connectivity index (χ0) is 28.6. The molecule has 11 heteroatoms. The fraction of sp³-hybridized carbons (Fsp3) is 0.286. The lowest BCUT2D eigenvalue weighted by Gasteiger charge is -2.34. The molecule has 0 aromatic heterocycles. The van der Waals surface area contributed by atoms with E-state index in [9.17, 15) is 28.1 Å². The van der Waals surface area contributed by atoms with Gasteiger partial charge in [0.2, 0.25) is 21.8 Å². The van der Waals surface area contributed by atoms with Gasteiger partial charge >= 0.3 is 0 Å². The first-order chi connectivity index (χ1) is 18.5. The van der Waals surface area contributed by atoms with Gasteiger partial charge in [0.1, 0.15) is 12.6 Å². The minimum atomic E-state index is -4.02. The molecule has 0 saturated heterocycles. The van der Waals surface area contributed by atoms with Gasteiger partial charge < -0.3 is 10.2 Å². The first kappa shape index (κ1) is 29.3. The molecule has 0 aliphatic heterocycles. The van der Waals surface area contributed by atoms with Gasteiger partial charge in [-0.25, -0.2) is 8.42 Å². The monoisotopic (exact) mass is 552 g/mol. The number of hydrogen-bond donors (Lipinski definition) is 1. The topological polar surface area (TPSA) is 130 Å². The van der Waals surface area contributed by atoms with Crippen LogP contribution in [0.2, 0.25) is 0 Å². The molecular formula is C28H32N4O6S. The maximum atomic E-state index is 13.9. The number of nitro benzene ring substituents is 1. The standard InChI is InChI=1S/C28H32N4O6S/c1-21(2)29-28(34)26(17-22-11-6-4-7-12-22)30(19-23-13-8-5-9-14-23)27(33)20-31(39(3,37)38)24-15-10-16-25(18-24)32(35)36/h4-16,18,21,26H,17,19-20H2,1-3H3,(H,29,34). The number of carbonyl (C=O) groups is 2. The number of anilines is 1. The number of nitrogens with one attached hydrogen (secondary N) is 1. The van der Waals surface area contributed by atoms with E-state index in [1.807, 2.05) is 74.5 Å². The first-order valence-electron chi connectivity index (χ1n) is 12.4. The van der Waals surface area contributed by atoms with Crippen LogP contribution in [-0.4, -0.2) is 54.9 Å². The second kappa shape index (κ2) is 13.0. The van der Waals surface area contributed by atoms with E-state index in [2.05, 4.69) is 5.32 Å². The molecule has 1 unspecified atom stereocenters. The summed E-state index contributed by atoms with van der Waals surface area (Å²) in [6, 6.07) is 22.2. The molecule has 1 N–H and O–H groups in total. The van der Waals surface area contributed by atoms with E-state index in [1.54, 1.807) is 0 Å². The average Bonchev–Trinajstić information content (AvgIpc) is 2.89. The molecule has 0 saturated carbocycles. The number of sulfonamides is 1. The Hall–Kier alpha value is -4.25. The van der Waals surface area contributed by atoms with Gasteiger partial charge in [0.25, 0.3) is 5.69 Å². The van der Waals surface area contributed by atoms with Crippen molar-refractivity contribution in [2.75, 3.05) is 17.1 Å². The number of nitro groups is 1. The Morgan fingerprint density at radius 1 is 0.923 bits per heavy atom. The van der Waals surface area contributed by atoms with Gasteiger partial charge in [0, 0.05) is 31.1 Å². The van der Waals surface area contributed by atoms with Gasteiger partial charge in [-0.1, -0.05) is 66.7 Å². The van der Waals surface area contributed by atoms with Crippen LogP contribution in [0.4, 0.5) is 11.4 Å². The van der Waals surface area contributed by atoms with Crippen LogP contribution >= 0.6 is 0 Å². The molecule has 0 aliphatic carbocycles. The van der Waals surface area contributed by atoms with Crippen LogP contribution < -0.4 is 9.62 Å². The van der Waals surface area contributed by atoms with Crippen molar-refractivity contribution in [3.05, 3.63) is 106 Å². The summed E-state index contributed by atoms with van der Waals surface area (Å²) in [5.74, 6) is -1.00. The summed E-state index contributed by atoms with van der Waals surface area (Å²) < 4.78 is 26.4. The first-order valence-corrected chi connectivity index (χ1v) is 14.2. The van der Waals surface area contributed by atoms with Crippen LogP contribution in [0.3, 0.4) is 0 Å². The van der Waals surface area contributed by atoms with Crippen molar-refractivity contribution < 1.29 is 22.9 Å². The van der Waals surface area contributed by atoms with Gasteiger partial charge in [0.15, 0.2) is 0 Å². The van der Waals surface area contributed by atoms with E-state index in [0.29, 0.717) is 0 Å². The average molecular weight is 553 g/mol. The number of nitrogens with zero attached hydrogens (tertiary/aromatic N) is 3. The molecule has 0 fully saturated rings. The Balaban J connectivity index is 2.05. The summed E-state index contributed by atoms with van der Waals surface area (Å²) in [6.07, 6.45) is 1.13. The quantitative estimate of drug-likeness (QED) is 0.270. The largest absolute Gasteiger partial charge is 0.352 e. The molecular weight excluding hydrogens is 520 g/mol. The molecule has 206 valence electrons. The number of benzene rings is 3. The van der Waals surface area contributed by atoms with Crippen LogP contribution in [-0.2, 0) is 32.6 Å². The number of rotatable bonds is 12. The van der Waals surface area contributed by atoms with Crippen LogP contribution in [0.5, 0.6) is 0 Å². The van der Waals surface area contributed by atoms with E-state index < -0.39 is 33.4 Å². The van der Waals surface area contributed by atoms with Crippen molar-refractivity contribution in [3.8, 4) is 0 Å². The summed E-state index contributed by atoms with van der Waals surface area (Å²) in [5, 5.41) is 14.2. The molecule has 0 heterocycles. The normalized spacial score (nSPS) is 12.0. The fourth-order valence-electron chi connectivity index (χ4n) is 4.09. The van der Waals surface area contributed by atoms with E-state index in [-0.39, 0.29) is 36.3 Å². The van der Waals surface area contributed by atoms with Gasteiger partial charge in [-0.2, -0.15) is 0 Å². The Labute approximate surface area is 228 Å². The van der Waals surface area contributed by atoms with Crippen molar-refractivity contribution in [1.82, 2.24) is 10.2 Å². The molecule has 3 rings (SSSR count). The lowest BCUT2D eigenvalue weighted by atomic mass is 10.0. The SMILES string of the molecule is CC(C)NC(=O)C(Cc1ccccc1)N(Cc1ccccc1)C(=O)CN(c1cccc([N+](=O)[O-])c1)S(C)(=O)=O. The smallest absolute Gasteiger partial charge is 0.271 e. The van der Waals surface area contributed by atoms with Crippen molar-refractivity contribution in [3.63, 3.8) is 0 Å². The number of carbonyl (C=O) groups excluding carboxylic acids is 2. The Morgan fingerprint density at radius 3 is 2.05 bits per heavy atom. The lowest BCUT2D eigenvalue weighted by Crippen LogP contribution is -2.54. The third kappa shape index (κ3) is 8.37. The summed E-state index contributed by atoms with van der Waals surface area (Å²) in [4.78, 5) is 39.4. The van der Waals surface area contributed by atoms with Crippen molar-refractivity contribution in [2.24, 2.45) is 0 Å². The highest BCUT2D eigenvalue weighted by molar-refractivity contribution is 7.92. The summed E-state index contributed by atoms with van der Waals surface area (Å²) in [7, 11) is -4.02. The minimum absolute atomic E-state index is 0.0223. The zero-order valence-corrected chi connectivity index (χ0v) is 22.9. The summed E-state index contributed by atoms with van der Waals surface area (Å²) >= 11 is 0. The maximum Gasteiger partial charge on any atom is 0.271 e. The summed E-state index contributed by atoms with van der Waals surface area (Å²) in [5.41, 5.74) is 1.24. The highest BCUT2D eigenvalue weighted by Crippen LogP contribution is 2.24. The molecule has 0 radical (unpaired) electrons. The number of hydrogen-bond acceptors (Lipinski definition) is 6. The van der Waals surface area contributed by atoms with Crippen LogP contribution in [0, 0.1) is 10.1 Å². The van der Waals surface area contributed by atoms with Gasteiger partial charge in [-0.05, 0) is 31.0 Å². The van der Waals surface area contributed by atoms with Crippen LogP contribution in [0.15, 0.2) is 84.9 Å². The predicted molar refractivity (Wildman–Crippen MR) is 149 cm³/mol. The second-order valence-electron chi connectivity index (χ2n) is 9.42. The molecule has 10 nitrogen and oxygen atoms in total. The van der Waals surface area contributed by atoms with Gasteiger partial charge in [-0.3, -0.25) is 24.0 Å². The van der Waals surface area contributed by atoms with Crippen molar-refractivity contribution in [1.29, 1.82) is 0 Å². The van der Waals surface area contributed by atoms with E-state index in [4.69, 9.17) is 0 Å². The summed E-state index contributed by atoms with van der Waals surface area (Å²) in [6.45, 7) is 3.03. The van der Waals surface area contributed by atoms with Crippen molar-refractivity contribution in [2.45, 2.75) is 38.9 Å². The lowest BCUT2D eigenvalue weighted by molar-refractivity contribution is -0.384. The predicted octanol–water partition coefficient (Wildman–Crippen LogP) is 3.53. The molecule has 2 amide bonds. The minimum Gasteiger partial charge on any atom is -0.352 e. The van der Waals surface area contributed by atoms with Crippen LogP contribution in [0.1, 0.15) is 25.0 Å². The fourth-order valence-corrected chi connectivity index (χ4v) is 4.93. The molecule has 0 spiro atoms. The molecule has 39 heavy (non-hydrogen) atoms. The molecule has 3 aromatic rings. The Kier molecular flexibility index (Phi) is 9.78. The van der Waals surface area contributed by atoms with E-state index >= 15 is 0 Å². The Morgan fingerprint density at radius 2 is 1.51 bits per heavy atom. The molecule has 1 atom stereocenters. The second-order valence-corrected chi connectivity index (χ2v) is 11.3.